The Balaban J connectivity index is 1.72. The van der Waals surface area contributed by atoms with Crippen molar-refractivity contribution in [3.63, 3.8) is 0 Å². The number of aliphatic imine (C=N–C) groups is 1. The molecule has 2 rings (SSSR count). The van der Waals surface area contributed by atoms with Crippen molar-refractivity contribution in [1.29, 1.82) is 0 Å². The molecular weight excluding hydrogens is 316 g/mol. The monoisotopic (exact) mass is 348 g/mol. The first-order valence-electron chi connectivity index (χ1n) is 9.17. The van der Waals surface area contributed by atoms with Crippen molar-refractivity contribution >= 4 is 5.96 Å². The molecule has 1 aromatic carbocycles. The van der Waals surface area contributed by atoms with Crippen LogP contribution in [0.3, 0.4) is 0 Å². The van der Waals surface area contributed by atoms with E-state index in [1.807, 2.05) is 12.1 Å². The Hall–Kier alpha value is -1.79. The van der Waals surface area contributed by atoms with Gasteiger partial charge in [0.25, 0.3) is 0 Å². The molecule has 0 saturated carbocycles. The summed E-state index contributed by atoms with van der Waals surface area (Å²) in [6, 6.07) is 8.23. The minimum Gasteiger partial charge on any atom is -0.488 e. The van der Waals surface area contributed by atoms with E-state index < -0.39 is 0 Å². The molecule has 0 amide bonds. The van der Waals surface area contributed by atoms with Gasteiger partial charge in [0.2, 0.25) is 0 Å². The van der Waals surface area contributed by atoms with Gasteiger partial charge in [-0.3, -0.25) is 0 Å². The lowest BCUT2D eigenvalue weighted by Crippen LogP contribution is -2.41. The molecule has 1 aromatic rings. The Morgan fingerprint density at radius 3 is 2.92 bits per heavy atom. The summed E-state index contributed by atoms with van der Waals surface area (Å²) in [4.78, 5) is 6.98. The Kier molecular flexibility index (Phi) is 8.55. The van der Waals surface area contributed by atoms with Crippen LogP contribution >= 0.6 is 0 Å². The van der Waals surface area contributed by atoms with Crippen LogP contribution < -0.4 is 15.4 Å². The first-order valence-corrected chi connectivity index (χ1v) is 9.17. The van der Waals surface area contributed by atoms with Crippen LogP contribution in [0.1, 0.15) is 18.9 Å². The number of guanidine groups is 1. The summed E-state index contributed by atoms with van der Waals surface area (Å²) in [7, 11) is 3.87. The van der Waals surface area contributed by atoms with Gasteiger partial charge >= 0.3 is 0 Å². The maximum Gasteiger partial charge on any atom is 0.191 e. The lowest BCUT2D eigenvalue weighted by Gasteiger charge is -2.18. The fraction of sp³-hybridized carbons (Fsp3) is 0.632. The number of benzene rings is 1. The molecule has 1 unspecified atom stereocenters. The number of ether oxygens (including phenoxy) is 2. The van der Waals surface area contributed by atoms with E-state index in [2.05, 4.69) is 46.6 Å². The van der Waals surface area contributed by atoms with Crippen LogP contribution in [-0.4, -0.2) is 70.5 Å². The topological polar surface area (TPSA) is 58.1 Å². The van der Waals surface area contributed by atoms with Gasteiger partial charge in [-0.05, 0) is 32.0 Å². The van der Waals surface area contributed by atoms with Crippen molar-refractivity contribution in [2.24, 2.45) is 4.99 Å². The van der Waals surface area contributed by atoms with Gasteiger partial charge in [-0.2, -0.15) is 0 Å². The van der Waals surface area contributed by atoms with Crippen LogP contribution in [0.2, 0.25) is 0 Å². The highest BCUT2D eigenvalue weighted by Gasteiger charge is 2.21. The van der Waals surface area contributed by atoms with Gasteiger partial charge < -0.3 is 25.0 Å². The Labute approximate surface area is 151 Å². The number of nitrogens with zero attached hydrogens (tertiary/aromatic N) is 2. The van der Waals surface area contributed by atoms with Gasteiger partial charge in [0.1, 0.15) is 11.9 Å². The highest BCUT2D eigenvalue weighted by atomic mass is 16.5. The van der Waals surface area contributed by atoms with Gasteiger partial charge in [0.15, 0.2) is 5.96 Å². The third-order valence-corrected chi connectivity index (χ3v) is 4.19. The van der Waals surface area contributed by atoms with Crippen LogP contribution in [0.5, 0.6) is 5.75 Å². The molecule has 6 heteroatoms. The minimum absolute atomic E-state index is 0.129. The van der Waals surface area contributed by atoms with Gasteiger partial charge in [-0.25, -0.2) is 4.99 Å². The second-order valence-corrected chi connectivity index (χ2v) is 6.35. The molecule has 0 spiro atoms. The maximum atomic E-state index is 5.95. The molecule has 140 valence electrons. The smallest absolute Gasteiger partial charge is 0.191 e. The Morgan fingerprint density at radius 2 is 2.16 bits per heavy atom. The van der Waals surface area contributed by atoms with E-state index in [1.54, 1.807) is 7.11 Å². The Morgan fingerprint density at radius 1 is 1.32 bits per heavy atom. The second kappa shape index (κ2) is 10.9. The summed E-state index contributed by atoms with van der Waals surface area (Å²) in [5, 5.41) is 6.70. The standard InChI is InChI=1S/C19H32N4O2/c1-4-20-19(21-10-12-23(2)11-7-13-24-3)22-15-17-14-16-8-5-6-9-18(16)25-17/h5-6,8-9,17H,4,7,10-15H2,1-3H3,(H2,20,21,22). The number of para-hydroxylation sites is 1. The molecule has 25 heavy (non-hydrogen) atoms. The molecule has 0 saturated heterocycles. The van der Waals surface area contributed by atoms with Crippen LogP contribution in [0.4, 0.5) is 0 Å². The number of fused-ring (bicyclic) bond motifs is 1. The molecular formula is C19H32N4O2. The fourth-order valence-corrected chi connectivity index (χ4v) is 2.85. The predicted molar refractivity (Wildman–Crippen MR) is 103 cm³/mol. The number of hydrogen-bond donors (Lipinski definition) is 2. The lowest BCUT2D eigenvalue weighted by atomic mass is 10.1. The molecule has 1 aliphatic rings. The first-order chi connectivity index (χ1) is 12.2. The lowest BCUT2D eigenvalue weighted by molar-refractivity contribution is 0.180. The molecule has 1 heterocycles. The normalized spacial score (nSPS) is 16.6. The summed E-state index contributed by atoms with van der Waals surface area (Å²) in [5.41, 5.74) is 1.28. The van der Waals surface area contributed by atoms with Gasteiger partial charge in [0, 0.05) is 46.3 Å². The minimum atomic E-state index is 0.129. The van der Waals surface area contributed by atoms with Crippen molar-refractivity contribution in [3.8, 4) is 5.75 Å². The molecule has 2 N–H and O–H groups in total. The van der Waals surface area contributed by atoms with Crippen LogP contribution in [-0.2, 0) is 11.2 Å². The quantitative estimate of drug-likeness (QED) is 0.381. The van der Waals surface area contributed by atoms with E-state index in [-0.39, 0.29) is 6.10 Å². The Bertz CT molecular complexity index is 511. The molecule has 1 aliphatic heterocycles. The molecule has 1 atom stereocenters. The average molecular weight is 348 g/mol. The van der Waals surface area contributed by atoms with Crippen molar-refractivity contribution in [2.75, 3.05) is 53.5 Å². The zero-order chi connectivity index (χ0) is 17.9. The number of hydrogen-bond acceptors (Lipinski definition) is 4. The summed E-state index contributed by atoms with van der Waals surface area (Å²) in [6.45, 7) is 7.27. The van der Waals surface area contributed by atoms with E-state index >= 15 is 0 Å². The summed E-state index contributed by atoms with van der Waals surface area (Å²) in [5.74, 6) is 1.85. The third-order valence-electron chi connectivity index (χ3n) is 4.19. The maximum absolute atomic E-state index is 5.95. The molecule has 0 aromatic heterocycles. The van der Waals surface area contributed by atoms with Crippen molar-refractivity contribution in [2.45, 2.75) is 25.9 Å². The highest BCUT2D eigenvalue weighted by Crippen LogP contribution is 2.28. The summed E-state index contributed by atoms with van der Waals surface area (Å²) >= 11 is 0. The predicted octanol–water partition coefficient (Wildman–Crippen LogP) is 1.51. The van der Waals surface area contributed by atoms with Crippen LogP contribution in [0.15, 0.2) is 29.3 Å². The molecule has 0 aliphatic carbocycles. The third kappa shape index (κ3) is 6.92. The number of nitrogens with one attached hydrogen (secondary N) is 2. The van der Waals surface area contributed by atoms with E-state index in [0.717, 1.165) is 57.3 Å². The second-order valence-electron chi connectivity index (χ2n) is 6.35. The van der Waals surface area contributed by atoms with E-state index in [9.17, 15) is 0 Å². The van der Waals surface area contributed by atoms with E-state index in [0.29, 0.717) is 6.54 Å². The molecule has 0 radical (unpaired) electrons. The van der Waals surface area contributed by atoms with Gasteiger partial charge in [-0.15, -0.1) is 0 Å². The fourth-order valence-electron chi connectivity index (χ4n) is 2.85. The van der Waals surface area contributed by atoms with Crippen LogP contribution in [0.25, 0.3) is 0 Å². The van der Waals surface area contributed by atoms with Gasteiger partial charge in [-0.1, -0.05) is 18.2 Å². The first kappa shape index (κ1) is 19.5. The van der Waals surface area contributed by atoms with E-state index in [1.165, 1.54) is 5.56 Å². The molecule has 6 nitrogen and oxygen atoms in total. The van der Waals surface area contributed by atoms with Crippen molar-refractivity contribution in [3.05, 3.63) is 29.8 Å². The SMILES string of the molecule is CCNC(=NCC1Cc2ccccc2O1)NCCN(C)CCCOC. The zero-order valence-corrected chi connectivity index (χ0v) is 15.8. The highest BCUT2D eigenvalue weighted by molar-refractivity contribution is 5.79. The van der Waals surface area contributed by atoms with Gasteiger partial charge in [0.05, 0.1) is 6.54 Å². The number of methoxy groups -OCH3 is 1. The summed E-state index contributed by atoms with van der Waals surface area (Å²) < 4.78 is 11.0. The molecule has 0 bridgehead atoms. The number of rotatable bonds is 10. The molecule has 0 fully saturated rings. The summed E-state index contributed by atoms with van der Waals surface area (Å²) in [6.07, 6.45) is 2.12. The van der Waals surface area contributed by atoms with Crippen LogP contribution in [0, 0.1) is 0 Å². The van der Waals surface area contributed by atoms with E-state index in [4.69, 9.17) is 9.47 Å². The number of likely N-dealkylation sites (N-methyl/N-ethyl adjacent to an activating group) is 1. The van der Waals surface area contributed by atoms with Crippen molar-refractivity contribution in [1.82, 2.24) is 15.5 Å². The average Bonchev–Trinajstić information content (AvgIpc) is 3.03. The zero-order valence-electron chi connectivity index (χ0n) is 15.8. The van der Waals surface area contributed by atoms with Crippen molar-refractivity contribution < 1.29 is 9.47 Å². The largest absolute Gasteiger partial charge is 0.488 e.